The van der Waals surface area contributed by atoms with Crippen LogP contribution in [0.5, 0.6) is 0 Å². The zero-order valence-electron chi connectivity index (χ0n) is 8.38. The van der Waals surface area contributed by atoms with E-state index in [4.69, 9.17) is 17.3 Å². The highest BCUT2D eigenvalue weighted by atomic mass is 35.5. The molecule has 0 unspecified atom stereocenters. The van der Waals surface area contributed by atoms with Crippen molar-refractivity contribution in [3.8, 4) is 0 Å². The smallest absolute Gasteiger partial charge is 0.347 e. The van der Waals surface area contributed by atoms with Gasteiger partial charge in [0.15, 0.2) is 0 Å². The molecular weight excluding hydrogens is 230 g/mol. The molecule has 0 saturated carbocycles. The highest BCUT2D eigenvalue weighted by molar-refractivity contribution is 6.30. The van der Waals surface area contributed by atoms with Crippen LogP contribution in [0.3, 0.4) is 0 Å². The Bertz CT molecular complexity index is 547. The lowest BCUT2D eigenvalue weighted by atomic mass is 10.5. The minimum atomic E-state index is -0.329. The second-order valence-electron chi connectivity index (χ2n) is 3.28. The van der Waals surface area contributed by atoms with Crippen molar-refractivity contribution >= 4 is 17.3 Å². The molecule has 2 rings (SSSR count). The maximum Gasteiger partial charge on any atom is 0.347 e. The fourth-order valence-corrected chi connectivity index (χ4v) is 1.47. The first-order valence-corrected chi connectivity index (χ1v) is 5.03. The lowest BCUT2D eigenvalue weighted by Gasteiger charge is -2.04. The number of aromatic nitrogens is 4. The van der Waals surface area contributed by atoms with Crippen LogP contribution in [0, 0.1) is 0 Å². The van der Waals surface area contributed by atoms with Gasteiger partial charge in [0.2, 0.25) is 0 Å². The van der Waals surface area contributed by atoms with Crippen LogP contribution in [-0.2, 0) is 13.1 Å². The van der Waals surface area contributed by atoms with E-state index in [0.29, 0.717) is 23.8 Å². The molecule has 0 radical (unpaired) electrons. The van der Waals surface area contributed by atoms with Gasteiger partial charge in [0.1, 0.15) is 0 Å². The molecule has 0 aliphatic rings. The second kappa shape index (κ2) is 4.36. The molecule has 6 nitrogen and oxygen atoms in total. The third-order valence-corrected chi connectivity index (χ3v) is 2.24. The van der Waals surface area contributed by atoms with Crippen molar-refractivity contribution in [2.75, 3.05) is 5.73 Å². The van der Waals surface area contributed by atoms with Crippen LogP contribution < -0.4 is 11.4 Å². The maximum absolute atomic E-state index is 11.3. The van der Waals surface area contributed by atoms with E-state index in [1.165, 1.54) is 10.8 Å². The average Bonchev–Trinajstić information content (AvgIpc) is 2.66. The number of hydrogen-bond donors (Lipinski definition) is 1. The Labute approximate surface area is 96.3 Å². The first-order valence-electron chi connectivity index (χ1n) is 4.65. The Morgan fingerprint density at radius 3 is 2.81 bits per heavy atom. The quantitative estimate of drug-likeness (QED) is 0.840. The lowest BCUT2D eigenvalue weighted by molar-refractivity contribution is 0.517. The minimum Gasteiger partial charge on any atom is -0.396 e. The highest BCUT2D eigenvalue weighted by Gasteiger charge is 1.99. The molecule has 16 heavy (non-hydrogen) atoms. The summed E-state index contributed by atoms with van der Waals surface area (Å²) in [5, 5.41) is 4.44. The SMILES string of the molecule is Nc1cnn(CCn2cc(Cl)cnc2=O)c1. The highest BCUT2D eigenvalue weighted by Crippen LogP contribution is 2.02. The summed E-state index contributed by atoms with van der Waals surface area (Å²) in [5.74, 6) is 0. The molecule has 0 aromatic carbocycles. The number of nitrogens with two attached hydrogens (primary N) is 1. The fourth-order valence-electron chi connectivity index (χ4n) is 1.30. The molecule has 2 heterocycles. The Hall–Kier alpha value is -1.82. The molecule has 2 N–H and O–H groups in total. The number of halogens is 1. The van der Waals surface area contributed by atoms with E-state index in [1.54, 1.807) is 23.3 Å². The van der Waals surface area contributed by atoms with E-state index in [2.05, 4.69) is 10.1 Å². The first-order chi connectivity index (χ1) is 7.65. The zero-order chi connectivity index (χ0) is 11.5. The van der Waals surface area contributed by atoms with Crippen molar-refractivity contribution in [2.24, 2.45) is 0 Å². The molecule has 84 valence electrons. The van der Waals surface area contributed by atoms with Gasteiger partial charge in [-0.2, -0.15) is 5.10 Å². The van der Waals surface area contributed by atoms with Gasteiger partial charge in [0.05, 0.1) is 29.6 Å². The molecule has 0 amide bonds. The molecule has 0 aliphatic carbocycles. The Morgan fingerprint density at radius 2 is 2.12 bits per heavy atom. The van der Waals surface area contributed by atoms with Crippen molar-refractivity contribution in [2.45, 2.75) is 13.1 Å². The number of nitrogens with zero attached hydrogens (tertiary/aromatic N) is 4. The van der Waals surface area contributed by atoms with Crippen LogP contribution in [0.2, 0.25) is 5.02 Å². The number of rotatable bonds is 3. The standard InChI is InChI=1S/C9H10ClN5O/c10-7-3-12-9(16)14(5-7)1-2-15-6-8(11)4-13-15/h3-6H,1-2,11H2. The van der Waals surface area contributed by atoms with E-state index < -0.39 is 0 Å². The van der Waals surface area contributed by atoms with Gasteiger partial charge in [-0.3, -0.25) is 9.25 Å². The Balaban J connectivity index is 2.10. The van der Waals surface area contributed by atoms with Gasteiger partial charge < -0.3 is 5.73 Å². The third kappa shape index (κ3) is 2.40. The van der Waals surface area contributed by atoms with E-state index >= 15 is 0 Å². The largest absolute Gasteiger partial charge is 0.396 e. The number of anilines is 1. The zero-order valence-corrected chi connectivity index (χ0v) is 9.13. The monoisotopic (exact) mass is 239 g/mol. The third-order valence-electron chi connectivity index (χ3n) is 2.05. The predicted molar refractivity (Wildman–Crippen MR) is 60.1 cm³/mol. The Morgan fingerprint density at radius 1 is 1.31 bits per heavy atom. The minimum absolute atomic E-state index is 0.329. The van der Waals surface area contributed by atoms with Crippen LogP contribution in [0.4, 0.5) is 5.69 Å². The van der Waals surface area contributed by atoms with Crippen molar-refractivity contribution in [3.05, 3.63) is 40.3 Å². The molecule has 0 bridgehead atoms. The molecule has 2 aromatic rings. The number of hydrogen-bond acceptors (Lipinski definition) is 4. The summed E-state index contributed by atoms with van der Waals surface area (Å²) in [4.78, 5) is 15.0. The van der Waals surface area contributed by atoms with Crippen LogP contribution in [0.1, 0.15) is 0 Å². The van der Waals surface area contributed by atoms with Crippen LogP contribution in [0.15, 0.2) is 29.6 Å². The normalized spacial score (nSPS) is 10.6. The molecule has 0 atom stereocenters. The van der Waals surface area contributed by atoms with E-state index in [-0.39, 0.29) is 5.69 Å². The summed E-state index contributed by atoms with van der Waals surface area (Å²) in [6.07, 6.45) is 6.12. The molecule has 7 heteroatoms. The first kappa shape index (κ1) is 10.7. The van der Waals surface area contributed by atoms with Crippen molar-refractivity contribution in [1.82, 2.24) is 19.3 Å². The predicted octanol–water partition coefficient (Wildman–Crippen LogP) is 0.376. The van der Waals surface area contributed by atoms with Crippen LogP contribution in [0.25, 0.3) is 0 Å². The summed E-state index contributed by atoms with van der Waals surface area (Å²) >= 11 is 5.74. The van der Waals surface area contributed by atoms with Crippen LogP contribution >= 0.6 is 11.6 Å². The number of aryl methyl sites for hydroxylation is 2. The van der Waals surface area contributed by atoms with E-state index in [1.807, 2.05) is 0 Å². The van der Waals surface area contributed by atoms with Crippen molar-refractivity contribution < 1.29 is 0 Å². The van der Waals surface area contributed by atoms with Crippen molar-refractivity contribution in [3.63, 3.8) is 0 Å². The molecule has 0 aliphatic heterocycles. The van der Waals surface area contributed by atoms with Crippen molar-refractivity contribution in [1.29, 1.82) is 0 Å². The fraction of sp³-hybridized carbons (Fsp3) is 0.222. The van der Waals surface area contributed by atoms with Gasteiger partial charge in [0, 0.05) is 18.9 Å². The van der Waals surface area contributed by atoms with Gasteiger partial charge in [-0.1, -0.05) is 11.6 Å². The molecule has 0 fully saturated rings. The van der Waals surface area contributed by atoms with Gasteiger partial charge in [-0.25, -0.2) is 9.78 Å². The summed E-state index contributed by atoms with van der Waals surface area (Å²) < 4.78 is 3.09. The van der Waals surface area contributed by atoms with Crippen LogP contribution in [-0.4, -0.2) is 19.3 Å². The maximum atomic E-state index is 11.3. The van der Waals surface area contributed by atoms with Gasteiger partial charge in [-0.15, -0.1) is 0 Å². The summed E-state index contributed by atoms with van der Waals surface area (Å²) in [6, 6.07) is 0. The number of nitrogen functional groups attached to an aromatic ring is 1. The summed E-state index contributed by atoms with van der Waals surface area (Å²) in [5.41, 5.74) is 5.78. The Kier molecular flexibility index (Phi) is 2.91. The molecular formula is C9H10ClN5O. The lowest BCUT2D eigenvalue weighted by Crippen LogP contribution is -2.24. The topological polar surface area (TPSA) is 78.7 Å². The summed E-state index contributed by atoms with van der Waals surface area (Å²) in [7, 11) is 0. The van der Waals surface area contributed by atoms with Gasteiger partial charge >= 0.3 is 5.69 Å². The molecule has 0 saturated heterocycles. The molecule has 2 aromatic heterocycles. The van der Waals surface area contributed by atoms with E-state index in [0.717, 1.165) is 0 Å². The van der Waals surface area contributed by atoms with Gasteiger partial charge in [-0.05, 0) is 0 Å². The summed E-state index contributed by atoms with van der Waals surface area (Å²) in [6.45, 7) is 0.993. The second-order valence-corrected chi connectivity index (χ2v) is 3.72. The average molecular weight is 240 g/mol. The van der Waals surface area contributed by atoms with Gasteiger partial charge in [0.25, 0.3) is 0 Å². The van der Waals surface area contributed by atoms with E-state index in [9.17, 15) is 4.79 Å². The molecule has 0 spiro atoms.